The first-order valence-electron chi connectivity index (χ1n) is 14.1. The molecule has 2 aromatic carbocycles. The molecule has 1 N–H and O–H groups in total. The predicted octanol–water partition coefficient (Wildman–Crippen LogP) is 5.44. The van der Waals surface area contributed by atoms with Crippen molar-refractivity contribution in [1.82, 2.24) is 15.1 Å². The molecular formula is C32H39N3O3. The van der Waals surface area contributed by atoms with Gasteiger partial charge in [0.15, 0.2) is 0 Å². The minimum atomic E-state index is -0.274. The number of hydrogen-bond acceptors (Lipinski definition) is 4. The second-order valence-electron chi connectivity index (χ2n) is 10.4. The van der Waals surface area contributed by atoms with Crippen molar-refractivity contribution in [3.8, 4) is 0 Å². The summed E-state index contributed by atoms with van der Waals surface area (Å²) < 4.78 is 5.31. The van der Waals surface area contributed by atoms with Gasteiger partial charge < -0.3 is 15.0 Å². The Balaban J connectivity index is 1.41. The second kappa shape index (κ2) is 12.0. The van der Waals surface area contributed by atoms with Crippen molar-refractivity contribution >= 4 is 29.7 Å². The highest BCUT2D eigenvalue weighted by molar-refractivity contribution is 5.95. The number of ether oxygens (including phenoxy) is 1. The Morgan fingerprint density at radius 1 is 0.921 bits per heavy atom. The zero-order valence-electron chi connectivity index (χ0n) is 22.6. The van der Waals surface area contributed by atoms with Crippen molar-refractivity contribution < 1.29 is 14.3 Å². The summed E-state index contributed by atoms with van der Waals surface area (Å²) in [6.07, 6.45) is 7.63. The molecule has 0 radical (unpaired) electrons. The lowest BCUT2D eigenvalue weighted by Crippen LogP contribution is -2.58. The first-order chi connectivity index (χ1) is 18.6. The molecule has 0 saturated carbocycles. The zero-order chi connectivity index (χ0) is 26.5. The molecule has 6 nitrogen and oxygen atoms in total. The number of nitrogens with one attached hydrogen (secondary N) is 1. The van der Waals surface area contributed by atoms with Crippen molar-refractivity contribution in [1.29, 1.82) is 0 Å². The van der Waals surface area contributed by atoms with E-state index >= 15 is 0 Å². The number of fused-ring (bicyclic) bond motifs is 2. The van der Waals surface area contributed by atoms with Gasteiger partial charge in [-0.25, -0.2) is 4.79 Å². The summed E-state index contributed by atoms with van der Waals surface area (Å²) in [4.78, 5) is 29.9. The third kappa shape index (κ3) is 5.41. The van der Waals surface area contributed by atoms with Crippen LogP contribution >= 0.6 is 0 Å². The van der Waals surface area contributed by atoms with Crippen molar-refractivity contribution in [3.05, 3.63) is 76.4 Å². The summed E-state index contributed by atoms with van der Waals surface area (Å²) in [6, 6.07) is 17.3. The van der Waals surface area contributed by atoms with E-state index in [0.29, 0.717) is 32.7 Å². The van der Waals surface area contributed by atoms with E-state index in [1.165, 1.54) is 33.4 Å². The first-order valence-corrected chi connectivity index (χ1v) is 14.1. The van der Waals surface area contributed by atoms with Gasteiger partial charge >= 0.3 is 6.09 Å². The third-order valence-electron chi connectivity index (χ3n) is 8.12. The number of rotatable bonds is 5. The smallest absolute Gasteiger partial charge is 0.409 e. The van der Waals surface area contributed by atoms with Gasteiger partial charge in [0.25, 0.3) is 0 Å². The lowest BCUT2D eigenvalue weighted by atomic mass is 9.84. The van der Waals surface area contributed by atoms with E-state index in [1.54, 1.807) is 4.90 Å². The van der Waals surface area contributed by atoms with Crippen molar-refractivity contribution in [2.45, 2.75) is 45.6 Å². The van der Waals surface area contributed by atoms with E-state index in [9.17, 15) is 9.59 Å². The normalized spacial score (nSPS) is 21.4. The minimum Gasteiger partial charge on any atom is -0.450 e. The standard InChI is InChI=1S/C32H39N3O3/c1-3-18-33-31(36)28-17-21-35(32(37)38-4-2)22-29(28)34-19-15-25(16-20-34)30-26-11-7-5-9-23(26)13-14-24-10-6-8-12-27(24)30/h5-14,28-29H,3-4,15-22H2,1-2H3,(H,33,36). The number of benzene rings is 2. The molecule has 0 aromatic heterocycles. The Morgan fingerprint density at radius 2 is 1.55 bits per heavy atom. The molecule has 2 aliphatic heterocycles. The number of likely N-dealkylation sites (tertiary alicyclic amines) is 2. The fraction of sp³-hybridized carbons (Fsp3) is 0.438. The number of amides is 2. The van der Waals surface area contributed by atoms with E-state index in [1.807, 2.05) is 6.92 Å². The average Bonchev–Trinajstić information content (AvgIpc) is 3.13. The van der Waals surface area contributed by atoms with Gasteiger partial charge in [0.2, 0.25) is 5.91 Å². The number of hydrogen-bond donors (Lipinski definition) is 1. The molecule has 3 aliphatic rings. The van der Waals surface area contributed by atoms with Gasteiger partial charge in [-0.05, 0) is 60.4 Å². The molecule has 2 heterocycles. The average molecular weight is 514 g/mol. The van der Waals surface area contributed by atoms with Crippen LogP contribution in [0.3, 0.4) is 0 Å². The highest BCUT2D eigenvalue weighted by atomic mass is 16.6. The fourth-order valence-electron chi connectivity index (χ4n) is 6.19. The molecule has 5 rings (SSSR count). The summed E-state index contributed by atoms with van der Waals surface area (Å²) in [5.74, 6) is -0.00725. The van der Waals surface area contributed by atoms with E-state index in [2.05, 4.69) is 77.8 Å². The van der Waals surface area contributed by atoms with Gasteiger partial charge in [-0.2, -0.15) is 0 Å². The van der Waals surface area contributed by atoms with Gasteiger partial charge in [-0.15, -0.1) is 0 Å². The Bertz CT molecular complexity index is 1170. The highest BCUT2D eigenvalue weighted by Crippen LogP contribution is 2.39. The Labute approximate surface area is 226 Å². The molecule has 1 aliphatic carbocycles. The number of nitrogens with zero attached hydrogens (tertiary/aromatic N) is 2. The largest absolute Gasteiger partial charge is 0.450 e. The first kappa shape index (κ1) is 26.2. The molecule has 2 atom stereocenters. The van der Waals surface area contributed by atoms with Crippen LogP contribution < -0.4 is 5.32 Å². The van der Waals surface area contributed by atoms with Gasteiger partial charge in [0.1, 0.15) is 0 Å². The minimum absolute atomic E-state index is 0.00747. The molecule has 2 fully saturated rings. The number of piperidine rings is 2. The molecule has 0 spiro atoms. The summed E-state index contributed by atoms with van der Waals surface area (Å²) >= 11 is 0. The van der Waals surface area contributed by atoms with Gasteiger partial charge in [0.05, 0.1) is 12.5 Å². The Kier molecular flexibility index (Phi) is 8.28. The van der Waals surface area contributed by atoms with Crippen LogP contribution in [0.15, 0.2) is 54.1 Å². The van der Waals surface area contributed by atoms with Crippen LogP contribution in [0, 0.1) is 5.92 Å². The maximum absolute atomic E-state index is 13.1. The maximum Gasteiger partial charge on any atom is 0.409 e. The monoisotopic (exact) mass is 513 g/mol. The summed E-state index contributed by atoms with van der Waals surface area (Å²) in [6.45, 7) is 7.78. The van der Waals surface area contributed by atoms with E-state index in [4.69, 9.17) is 4.74 Å². The third-order valence-corrected chi connectivity index (χ3v) is 8.12. The Hall–Kier alpha value is -3.38. The Morgan fingerprint density at radius 3 is 2.16 bits per heavy atom. The zero-order valence-corrected chi connectivity index (χ0v) is 22.6. The summed E-state index contributed by atoms with van der Waals surface area (Å²) in [5, 5.41) is 3.11. The van der Waals surface area contributed by atoms with Crippen LogP contribution in [0.25, 0.3) is 17.7 Å². The topological polar surface area (TPSA) is 61.9 Å². The van der Waals surface area contributed by atoms with Gasteiger partial charge in [0, 0.05) is 38.8 Å². The van der Waals surface area contributed by atoms with E-state index < -0.39 is 0 Å². The van der Waals surface area contributed by atoms with E-state index in [0.717, 1.165) is 32.4 Å². The maximum atomic E-state index is 13.1. The molecule has 2 unspecified atom stereocenters. The second-order valence-corrected chi connectivity index (χ2v) is 10.4. The van der Waals surface area contributed by atoms with Crippen LogP contribution in [0.2, 0.25) is 0 Å². The molecule has 200 valence electrons. The molecule has 0 bridgehead atoms. The van der Waals surface area contributed by atoms with E-state index in [-0.39, 0.29) is 24.0 Å². The van der Waals surface area contributed by atoms with Crippen LogP contribution in [0.1, 0.15) is 61.8 Å². The lowest BCUT2D eigenvalue weighted by Gasteiger charge is -2.45. The van der Waals surface area contributed by atoms with Crippen molar-refractivity contribution in [3.63, 3.8) is 0 Å². The van der Waals surface area contributed by atoms with Gasteiger partial charge in [-0.1, -0.05) is 73.2 Å². The quantitative estimate of drug-likeness (QED) is 0.494. The lowest BCUT2D eigenvalue weighted by molar-refractivity contribution is -0.129. The van der Waals surface area contributed by atoms with Crippen molar-refractivity contribution in [2.24, 2.45) is 5.92 Å². The molecule has 2 amide bonds. The van der Waals surface area contributed by atoms with Gasteiger partial charge in [-0.3, -0.25) is 9.69 Å². The number of carbonyl (C=O) groups is 2. The van der Waals surface area contributed by atoms with Crippen LogP contribution in [-0.2, 0) is 9.53 Å². The van der Waals surface area contributed by atoms with Crippen LogP contribution in [-0.4, -0.2) is 67.2 Å². The SMILES string of the molecule is CCCNC(=O)C1CCN(C(=O)OCC)CC1N1CCC(=C2c3ccccc3C=Cc3ccccc32)CC1. The molecule has 2 aromatic rings. The van der Waals surface area contributed by atoms with Crippen LogP contribution in [0.5, 0.6) is 0 Å². The fourth-order valence-corrected chi connectivity index (χ4v) is 6.19. The van der Waals surface area contributed by atoms with Crippen molar-refractivity contribution in [2.75, 3.05) is 39.3 Å². The van der Waals surface area contributed by atoms with Crippen LogP contribution in [0.4, 0.5) is 4.79 Å². The molecular weight excluding hydrogens is 474 g/mol. The summed E-state index contributed by atoms with van der Waals surface area (Å²) in [7, 11) is 0. The molecule has 6 heteroatoms. The highest BCUT2D eigenvalue weighted by Gasteiger charge is 2.40. The molecule has 2 saturated heterocycles. The summed E-state index contributed by atoms with van der Waals surface area (Å²) in [5.41, 5.74) is 7.90. The predicted molar refractivity (Wildman–Crippen MR) is 152 cm³/mol. The number of carbonyl (C=O) groups excluding carboxylic acids is 2. The molecule has 38 heavy (non-hydrogen) atoms.